The molecule has 3 rings (SSSR count). The summed E-state index contributed by atoms with van der Waals surface area (Å²) in [6, 6.07) is 15.0. The van der Waals surface area contributed by atoms with E-state index in [0.29, 0.717) is 19.4 Å². The molecule has 1 aliphatic rings. The number of amides is 1. The molecule has 0 aromatic heterocycles. The van der Waals surface area contributed by atoms with E-state index in [2.05, 4.69) is 4.72 Å². The van der Waals surface area contributed by atoms with Gasteiger partial charge in [-0.05, 0) is 42.2 Å². The Bertz CT molecular complexity index is 921. The maximum Gasteiger partial charge on any atom is 0.234 e. The molecule has 26 heavy (non-hydrogen) atoms. The molecule has 1 aliphatic heterocycles. The maximum atomic E-state index is 12.2. The van der Waals surface area contributed by atoms with Crippen molar-refractivity contribution in [1.82, 2.24) is 4.72 Å². The van der Waals surface area contributed by atoms with Gasteiger partial charge in [-0.1, -0.05) is 42.5 Å². The van der Waals surface area contributed by atoms with Crippen LogP contribution < -0.4 is 9.62 Å². The van der Waals surface area contributed by atoms with Crippen molar-refractivity contribution in [3.05, 3.63) is 70.6 Å². The first-order valence-electron chi connectivity index (χ1n) is 8.63. The SMILES string of the molecule is CCN1C(=O)CCc2cc(CNS(=O)(=O)/C=C/c3ccccc3)ccc21. The zero-order valence-electron chi connectivity index (χ0n) is 14.7. The lowest BCUT2D eigenvalue weighted by Gasteiger charge is -2.28. The number of fused-ring (bicyclic) bond motifs is 1. The Hall–Kier alpha value is -2.44. The highest BCUT2D eigenvalue weighted by atomic mass is 32.2. The summed E-state index contributed by atoms with van der Waals surface area (Å²) in [5, 5.41) is 1.18. The summed E-state index contributed by atoms with van der Waals surface area (Å²) < 4.78 is 26.9. The van der Waals surface area contributed by atoms with E-state index in [0.717, 1.165) is 22.4 Å². The van der Waals surface area contributed by atoms with Crippen LogP contribution in [0, 0.1) is 0 Å². The van der Waals surface area contributed by atoms with Crippen molar-refractivity contribution in [2.75, 3.05) is 11.4 Å². The van der Waals surface area contributed by atoms with Gasteiger partial charge in [0, 0.05) is 30.6 Å². The van der Waals surface area contributed by atoms with Crippen molar-refractivity contribution in [3.8, 4) is 0 Å². The monoisotopic (exact) mass is 370 g/mol. The third kappa shape index (κ3) is 4.39. The van der Waals surface area contributed by atoms with E-state index >= 15 is 0 Å². The Morgan fingerprint density at radius 3 is 2.62 bits per heavy atom. The topological polar surface area (TPSA) is 66.5 Å². The molecule has 2 aromatic rings. The molecule has 5 nitrogen and oxygen atoms in total. The summed E-state index contributed by atoms with van der Waals surface area (Å²) in [7, 11) is -3.52. The number of carbonyl (C=O) groups is 1. The molecule has 1 heterocycles. The molecule has 0 radical (unpaired) electrons. The molecule has 1 N–H and O–H groups in total. The summed E-state index contributed by atoms with van der Waals surface area (Å²) in [5.74, 6) is 0.138. The number of sulfonamides is 1. The molecule has 0 fully saturated rings. The first kappa shape index (κ1) is 18.4. The number of nitrogens with zero attached hydrogens (tertiary/aromatic N) is 1. The second-order valence-electron chi connectivity index (χ2n) is 6.18. The molecular formula is C20H22N2O3S. The number of rotatable bonds is 6. The van der Waals surface area contributed by atoms with Gasteiger partial charge in [-0.3, -0.25) is 4.79 Å². The first-order valence-corrected chi connectivity index (χ1v) is 10.2. The van der Waals surface area contributed by atoms with Crippen LogP contribution >= 0.6 is 0 Å². The fraction of sp³-hybridized carbons (Fsp3) is 0.250. The Labute approximate surface area is 154 Å². The number of hydrogen-bond donors (Lipinski definition) is 1. The van der Waals surface area contributed by atoms with E-state index in [1.807, 2.05) is 55.5 Å². The predicted octanol–water partition coefficient (Wildman–Crippen LogP) is 3.08. The molecule has 0 bridgehead atoms. The molecule has 0 unspecified atom stereocenters. The predicted molar refractivity (Wildman–Crippen MR) is 104 cm³/mol. The van der Waals surface area contributed by atoms with Crippen LogP contribution in [-0.4, -0.2) is 20.9 Å². The van der Waals surface area contributed by atoms with Gasteiger partial charge in [0.15, 0.2) is 0 Å². The van der Waals surface area contributed by atoms with Crippen LogP contribution in [0.25, 0.3) is 6.08 Å². The summed E-state index contributed by atoms with van der Waals surface area (Å²) >= 11 is 0. The lowest BCUT2D eigenvalue weighted by molar-refractivity contribution is -0.118. The molecule has 6 heteroatoms. The fourth-order valence-electron chi connectivity index (χ4n) is 3.03. The van der Waals surface area contributed by atoms with E-state index in [1.54, 1.807) is 11.0 Å². The Morgan fingerprint density at radius 2 is 1.88 bits per heavy atom. The van der Waals surface area contributed by atoms with Gasteiger partial charge in [0.1, 0.15) is 0 Å². The molecule has 0 atom stereocenters. The minimum atomic E-state index is -3.52. The molecule has 0 spiro atoms. The average molecular weight is 370 g/mol. The van der Waals surface area contributed by atoms with Crippen molar-refractivity contribution in [2.24, 2.45) is 0 Å². The number of nitrogens with one attached hydrogen (secondary N) is 1. The van der Waals surface area contributed by atoms with Crippen molar-refractivity contribution in [3.63, 3.8) is 0 Å². The number of anilines is 1. The van der Waals surface area contributed by atoms with Gasteiger partial charge in [-0.2, -0.15) is 0 Å². The van der Waals surface area contributed by atoms with Gasteiger partial charge in [0.25, 0.3) is 0 Å². The Kier molecular flexibility index (Phi) is 5.54. The van der Waals surface area contributed by atoms with E-state index < -0.39 is 10.0 Å². The Balaban J connectivity index is 1.68. The normalized spacial score (nSPS) is 14.7. The molecule has 0 saturated carbocycles. The van der Waals surface area contributed by atoms with Crippen LogP contribution in [0.2, 0.25) is 0 Å². The van der Waals surface area contributed by atoms with E-state index in [1.165, 1.54) is 5.41 Å². The van der Waals surface area contributed by atoms with E-state index in [-0.39, 0.29) is 12.5 Å². The van der Waals surface area contributed by atoms with Crippen molar-refractivity contribution < 1.29 is 13.2 Å². The molecule has 136 valence electrons. The largest absolute Gasteiger partial charge is 0.312 e. The van der Waals surface area contributed by atoms with Gasteiger partial charge in [-0.15, -0.1) is 0 Å². The van der Waals surface area contributed by atoms with Crippen molar-refractivity contribution in [1.29, 1.82) is 0 Å². The highest BCUT2D eigenvalue weighted by Crippen LogP contribution is 2.28. The highest BCUT2D eigenvalue weighted by molar-refractivity contribution is 7.92. The average Bonchev–Trinajstić information content (AvgIpc) is 2.66. The number of carbonyl (C=O) groups excluding carboxylic acids is 1. The molecular weight excluding hydrogens is 348 g/mol. The minimum absolute atomic E-state index is 0.138. The second-order valence-corrected chi connectivity index (χ2v) is 7.83. The van der Waals surface area contributed by atoms with Gasteiger partial charge in [0.2, 0.25) is 15.9 Å². The summed E-state index contributed by atoms with van der Waals surface area (Å²) in [5.41, 5.74) is 3.73. The summed E-state index contributed by atoms with van der Waals surface area (Å²) in [4.78, 5) is 13.7. The second kappa shape index (κ2) is 7.85. The molecule has 1 amide bonds. The van der Waals surface area contributed by atoms with Crippen molar-refractivity contribution in [2.45, 2.75) is 26.3 Å². The zero-order valence-corrected chi connectivity index (χ0v) is 15.5. The third-order valence-electron chi connectivity index (χ3n) is 4.38. The molecule has 0 aliphatic carbocycles. The van der Waals surface area contributed by atoms with Crippen LogP contribution in [-0.2, 0) is 27.8 Å². The van der Waals surface area contributed by atoms with E-state index in [9.17, 15) is 13.2 Å². The molecule has 2 aromatic carbocycles. The first-order chi connectivity index (χ1) is 12.5. The molecule has 0 saturated heterocycles. The standard InChI is InChI=1S/C20H22N2O3S/c1-2-22-19-10-8-17(14-18(19)9-11-20(22)23)15-21-26(24,25)13-12-16-6-4-3-5-7-16/h3-8,10,12-14,21H,2,9,11,15H2,1H3/b13-12+. The van der Waals surface area contributed by atoms with Gasteiger partial charge in [-0.25, -0.2) is 13.1 Å². The van der Waals surface area contributed by atoms with Crippen LogP contribution in [0.3, 0.4) is 0 Å². The van der Waals surface area contributed by atoms with Gasteiger partial charge >= 0.3 is 0 Å². The minimum Gasteiger partial charge on any atom is -0.312 e. The number of benzene rings is 2. The van der Waals surface area contributed by atoms with Crippen LogP contribution in [0.4, 0.5) is 5.69 Å². The lowest BCUT2D eigenvalue weighted by atomic mass is 9.99. The summed E-state index contributed by atoms with van der Waals surface area (Å²) in [6.07, 6.45) is 2.76. The van der Waals surface area contributed by atoms with Crippen LogP contribution in [0.1, 0.15) is 30.0 Å². The summed E-state index contributed by atoms with van der Waals surface area (Å²) in [6.45, 7) is 2.81. The quantitative estimate of drug-likeness (QED) is 0.850. The van der Waals surface area contributed by atoms with Gasteiger partial charge in [0.05, 0.1) is 0 Å². The lowest BCUT2D eigenvalue weighted by Crippen LogP contribution is -2.34. The third-order valence-corrected chi connectivity index (χ3v) is 5.42. The zero-order chi connectivity index (χ0) is 18.6. The number of hydrogen-bond acceptors (Lipinski definition) is 3. The van der Waals surface area contributed by atoms with Crippen LogP contribution in [0.15, 0.2) is 53.9 Å². The van der Waals surface area contributed by atoms with Gasteiger partial charge < -0.3 is 4.90 Å². The van der Waals surface area contributed by atoms with Crippen molar-refractivity contribution >= 4 is 27.7 Å². The fourth-order valence-corrected chi connectivity index (χ4v) is 3.83. The Morgan fingerprint density at radius 1 is 1.12 bits per heavy atom. The van der Waals surface area contributed by atoms with Crippen LogP contribution in [0.5, 0.6) is 0 Å². The van der Waals surface area contributed by atoms with E-state index in [4.69, 9.17) is 0 Å². The highest BCUT2D eigenvalue weighted by Gasteiger charge is 2.22. The number of aryl methyl sites for hydroxylation is 1. The maximum absolute atomic E-state index is 12.2. The smallest absolute Gasteiger partial charge is 0.234 e.